The standard InChI is InChI=1S/C24H25N3O4/c1-26(24-25-20-7-3-4-8-22(20)31-24)15-16-30-19-11-9-18(10-12-19)17-21(23(28)29-2)27-13-5-6-14-27/h3-14,21H,15-17H2,1-2H3. The van der Waals surface area contributed by atoms with E-state index in [1.807, 2.05) is 89.6 Å². The quantitative estimate of drug-likeness (QED) is 0.381. The van der Waals surface area contributed by atoms with Gasteiger partial charge in [-0.25, -0.2) is 4.79 Å². The zero-order chi connectivity index (χ0) is 21.6. The number of ether oxygens (including phenoxy) is 2. The van der Waals surface area contributed by atoms with Crippen molar-refractivity contribution in [2.45, 2.75) is 12.5 Å². The second-order valence-electron chi connectivity index (χ2n) is 7.25. The Labute approximate surface area is 180 Å². The lowest BCUT2D eigenvalue weighted by Gasteiger charge is -2.17. The highest BCUT2D eigenvalue weighted by Crippen LogP contribution is 2.21. The van der Waals surface area contributed by atoms with Crippen molar-refractivity contribution < 1.29 is 18.7 Å². The molecule has 0 aliphatic heterocycles. The summed E-state index contributed by atoms with van der Waals surface area (Å²) >= 11 is 0. The Kier molecular flexibility index (Phi) is 6.21. The molecule has 0 aliphatic carbocycles. The Morgan fingerprint density at radius 1 is 1.10 bits per heavy atom. The summed E-state index contributed by atoms with van der Waals surface area (Å²) in [6, 6.07) is 19.4. The van der Waals surface area contributed by atoms with Crippen molar-refractivity contribution in [3.63, 3.8) is 0 Å². The zero-order valence-corrected chi connectivity index (χ0v) is 17.6. The van der Waals surface area contributed by atoms with Crippen molar-refractivity contribution >= 4 is 23.1 Å². The summed E-state index contributed by atoms with van der Waals surface area (Å²) in [6.07, 6.45) is 4.28. The number of benzene rings is 2. The number of hydrogen-bond donors (Lipinski definition) is 0. The molecule has 2 heterocycles. The molecular formula is C24H25N3O4. The van der Waals surface area contributed by atoms with Crippen LogP contribution in [0.5, 0.6) is 5.75 Å². The minimum Gasteiger partial charge on any atom is -0.492 e. The fraction of sp³-hybridized carbons (Fsp3) is 0.250. The summed E-state index contributed by atoms with van der Waals surface area (Å²) in [5.41, 5.74) is 2.64. The first-order valence-corrected chi connectivity index (χ1v) is 10.1. The lowest BCUT2D eigenvalue weighted by atomic mass is 10.1. The van der Waals surface area contributed by atoms with Crippen LogP contribution in [0.1, 0.15) is 11.6 Å². The number of esters is 1. The molecule has 0 radical (unpaired) electrons. The fourth-order valence-electron chi connectivity index (χ4n) is 3.37. The number of carbonyl (C=O) groups is 1. The second-order valence-corrected chi connectivity index (χ2v) is 7.25. The first kappa shape index (κ1) is 20.5. The number of rotatable bonds is 9. The normalized spacial score (nSPS) is 11.9. The second kappa shape index (κ2) is 9.38. The van der Waals surface area contributed by atoms with Crippen molar-refractivity contribution in [1.82, 2.24) is 9.55 Å². The van der Waals surface area contributed by atoms with Gasteiger partial charge in [-0.1, -0.05) is 24.3 Å². The van der Waals surface area contributed by atoms with Gasteiger partial charge in [0.1, 0.15) is 23.9 Å². The number of anilines is 1. The summed E-state index contributed by atoms with van der Waals surface area (Å²) in [5.74, 6) is 0.504. The van der Waals surface area contributed by atoms with Crippen LogP contribution in [0.2, 0.25) is 0 Å². The van der Waals surface area contributed by atoms with Crippen LogP contribution in [0.15, 0.2) is 77.5 Å². The minimum absolute atomic E-state index is 0.265. The van der Waals surface area contributed by atoms with E-state index in [2.05, 4.69) is 4.98 Å². The predicted molar refractivity (Wildman–Crippen MR) is 118 cm³/mol. The van der Waals surface area contributed by atoms with Crippen LogP contribution in [-0.4, -0.2) is 42.8 Å². The third-order valence-corrected chi connectivity index (χ3v) is 5.12. The van der Waals surface area contributed by atoms with E-state index >= 15 is 0 Å². The number of carbonyl (C=O) groups excluding carboxylic acids is 1. The summed E-state index contributed by atoms with van der Waals surface area (Å²) in [6.45, 7) is 1.12. The smallest absolute Gasteiger partial charge is 0.329 e. The van der Waals surface area contributed by atoms with Crippen molar-refractivity contribution in [3.05, 3.63) is 78.6 Å². The van der Waals surface area contributed by atoms with E-state index in [0.29, 0.717) is 25.6 Å². The van der Waals surface area contributed by atoms with Crippen LogP contribution < -0.4 is 9.64 Å². The number of para-hydroxylation sites is 2. The number of oxazole rings is 1. The summed E-state index contributed by atoms with van der Waals surface area (Å²) in [4.78, 5) is 18.6. The number of fused-ring (bicyclic) bond motifs is 1. The van der Waals surface area contributed by atoms with Crippen LogP contribution in [0.3, 0.4) is 0 Å². The molecule has 1 atom stereocenters. The molecule has 0 spiro atoms. The third-order valence-electron chi connectivity index (χ3n) is 5.12. The number of hydrogen-bond acceptors (Lipinski definition) is 6. The maximum absolute atomic E-state index is 12.2. The molecule has 0 saturated heterocycles. The maximum Gasteiger partial charge on any atom is 0.329 e. The van der Waals surface area contributed by atoms with Crippen LogP contribution >= 0.6 is 0 Å². The average Bonchev–Trinajstić information content (AvgIpc) is 3.48. The van der Waals surface area contributed by atoms with Crippen LogP contribution in [-0.2, 0) is 16.0 Å². The van der Waals surface area contributed by atoms with Gasteiger partial charge in [-0.3, -0.25) is 0 Å². The van der Waals surface area contributed by atoms with Gasteiger partial charge in [0.05, 0.1) is 13.7 Å². The van der Waals surface area contributed by atoms with E-state index in [9.17, 15) is 4.79 Å². The molecule has 7 heteroatoms. The van der Waals surface area contributed by atoms with Crippen LogP contribution in [0.25, 0.3) is 11.1 Å². The van der Waals surface area contributed by atoms with E-state index < -0.39 is 6.04 Å². The molecule has 160 valence electrons. The van der Waals surface area contributed by atoms with E-state index in [1.165, 1.54) is 7.11 Å². The first-order chi connectivity index (χ1) is 15.1. The molecule has 0 amide bonds. The summed E-state index contributed by atoms with van der Waals surface area (Å²) in [5, 5.41) is 0. The molecule has 1 unspecified atom stereocenters. The van der Waals surface area contributed by atoms with Crippen molar-refractivity contribution in [1.29, 1.82) is 0 Å². The average molecular weight is 419 g/mol. The Balaban J connectivity index is 1.31. The molecular weight excluding hydrogens is 394 g/mol. The topological polar surface area (TPSA) is 69.7 Å². The molecule has 2 aromatic heterocycles. The first-order valence-electron chi connectivity index (χ1n) is 10.1. The monoisotopic (exact) mass is 419 g/mol. The van der Waals surface area contributed by atoms with Gasteiger partial charge >= 0.3 is 5.97 Å². The van der Waals surface area contributed by atoms with Crippen LogP contribution in [0.4, 0.5) is 6.01 Å². The Morgan fingerprint density at radius 3 is 2.55 bits per heavy atom. The SMILES string of the molecule is COC(=O)C(Cc1ccc(OCCN(C)c2nc3ccccc3o2)cc1)n1cccc1. The van der Waals surface area contributed by atoms with Crippen LogP contribution in [0, 0.1) is 0 Å². The van der Waals surface area contributed by atoms with Gasteiger partial charge in [-0.05, 0) is 42.0 Å². The predicted octanol–water partition coefficient (Wildman–Crippen LogP) is 4.10. The molecule has 0 aliphatic rings. The largest absolute Gasteiger partial charge is 0.492 e. The van der Waals surface area contributed by atoms with Gasteiger partial charge in [-0.2, -0.15) is 4.98 Å². The lowest BCUT2D eigenvalue weighted by molar-refractivity contribution is -0.144. The van der Waals surface area contributed by atoms with Gasteiger partial charge in [0, 0.05) is 25.9 Å². The number of likely N-dealkylation sites (N-methyl/N-ethyl adjacent to an activating group) is 1. The number of aromatic nitrogens is 2. The molecule has 31 heavy (non-hydrogen) atoms. The van der Waals surface area contributed by atoms with Gasteiger partial charge in [0.2, 0.25) is 0 Å². The molecule has 2 aromatic carbocycles. The van der Waals surface area contributed by atoms with E-state index in [0.717, 1.165) is 22.4 Å². The molecule has 4 aromatic rings. The molecule has 0 N–H and O–H groups in total. The fourth-order valence-corrected chi connectivity index (χ4v) is 3.37. The Hall–Kier alpha value is -3.74. The zero-order valence-electron chi connectivity index (χ0n) is 17.6. The Morgan fingerprint density at radius 2 is 1.84 bits per heavy atom. The summed E-state index contributed by atoms with van der Waals surface area (Å²) < 4.78 is 18.4. The van der Waals surface area contributed by atoms with Crippen molar-refractivity contribution in [3.8, 4) is 5.75 Å². The number of nitrogens with zero attached hydrogens (tertiary/aromatic N) is 3. The van der Waals surface area contributed by atoms with Gasteiger partial charge in [0.15, 0.2) is 5.58 Å². The lowest BCUT2D eigenvalue weighted by Crippen LogP contribution is -2.24. The number of methoxy groups -OCH3 is 1. The minimum atomic E-state index is -0.392. The molecule has 0 saturated carbocycles. The van der Waals surface area contributed by atoms with E-state index in [1.54, 1.807) is 0 Å². The maximum atomic E-state index is 12.2. The van der Waals surface area contributed by atoms with Crippen molar-refractivity contribution in [2.24, 2.45) is 0 Å². The van der Waals surface area contributed by atoms with E-state index in [-0.39, 0.29) is 5.97 Å². The highest BCUT2D eigenvalue weighted by molar-refractivity contribution is 5.75. The molecule has 4 rings (SSSR count). The molecule has 0 bridgehead atoms. The molecule has 7 nitrogen and oxygen atoms in total. The Bertz CT molecular complexity index is 1090. The molecule has 0 fully saturated rings. The van der Waals surface area contributed by atoms with Gasteiger partial charge < -0.3 is 23.4 Å². The van der Waals surface area contributed by atoms with E-state index in [4.69, 9.17) is 13.9 Å². The van der Waals surface area contributed by atoms with Crippen molar-refractivity contribution in [2.75, 3.05) is 32.2 Å². The highest BCUT2D eigenvalue weighted by Gasteiger charge is 2.20. The summed E-state index contributed by atoms with van der Waals surface area (Å²) in [7, 11) is 3.33. The highest BCUT2D eigenvalue weighted by atomic mass is 16.5. The van der Waals surface area contributed by atoms with Gasteiger partial charge in [-0.15, -0.1) is 0 Å². The van der Waals surface area contributed by atoms with Gasteiger partial charge in [0.25, 0.3) is 6.01 Å². The third kappa shape index (κ3) is 4.88.